The second-order valence-electron chi connectivity index (χ2n) is 10.2. The number of nitrogens with zero attached hydrogens (tertiary/aromatic N) is 4. The van der Waals surface area contributed by atoms with Crippen LogP contribution in [0.2, 0.25) is 0 Å². The monoisotopic (exact) mass is 1060 g/mol. The molecule has 39 heteroatoms. The second-order valence-corrected chi connectivity index (χ2v) is 19.3. The third-order valence-corrected chi connectivity index (χ3v) is 13.3. The van der Waals surface area contributed by atoms with Crippen molar-refractivity contribution in [1.82, 2.24) is 0 Å². The molecule has 0 aliphatic rings. The minimum Gasteiger partial charge on any atom is -0.744 e. The smallest absolute Gasteiger partial charge is 0.744 e. The fraction of sp³-hybridized carbons (Fsp3) is 0.217. The average molecular weight is 1060 g/mol. The van der Waals surface area contributed by atoms with Crippen LogP contribution in [0.25, 0.3) is 0 Å². The average Bonchev–Trinajstić information content (AvgIpc) is 3.10. The van der Waals surface area contributed by atoms with Crippen LogP contribution in [0, 0.1) is 6.92 Å². The van der Waals surface area contributed by atoms with Crippen LogP contribution < -0.4 is 170 Å². The predicted octanol–water partition coefficient (Wildman–Crippen LogP) is -15.1. The summed E-state index contributed by atoms with van der Waals surface area (Å²) in [5.74, 6) is -1.94. The predicted molar refractivity (Wildman–Crippen MR) is 181 cm³/mol. The molecule has 0 aliphatic carbocycles. The first kappa shape index (κ1) is 67.7. The molecular formula is C23H21N6Na5O21S7. The maximum Gasteiger partial charge on any atom is 1.00 e. The number of rotatable bonds is 21. The molecule has 0 bridgehead atoms. The first-order chi connectivity index (χ1) is 26.3. The maximum absolute atomic E-state index is 12.7. The molecule has 0 radical (unpaired) electrons. The number of anilines is 2. The van der Waals surface area contributed by atoms with Gasteiger partial charge in [0, 0.05) is 0 Å². The standard InChI is InChI=1S/C23H26N6O21S7.5Na/c1-12-19(24)21(28-26-15-4-3-14(11-17(15)55(36,37)38)54(34,35)9-7-46-57(42,43)44)20(25)22(23(12)51-49-47-30)29-27-16-5-2-13(10-18(16)56(39,40)41)53(32,33)8-6-45-52-50-48-31;;;;;/h2-5,10-11,30-31H,6-9,24-25H2,1H3,(H,36,37,38)(H,39,40,41)(H,42,43,44);;;;;/q;5*+1/p-5. The summed E-state index contributed by atoms with van der Waals surface area (Å²) in [6.45, 7) is -0.490. The van der Waals surface area contributed by atoms with E-state index in [4.69, 9.17) is 11.5 Å². The Bertz CT molecular complexity index is 2630. The summed E-state index contributed by atoms with van der Waals surface area (Å²) in [5, 5.41) is 41.6. The molecule has 0 heterocycles. The summed E-state index contributed by atoms with van der Waals surface area (Å²) in [4.78, 5) is -4.26. The van der Waals surface area contributed by atoms with Crippen LogP contribution in [0.4, 0.5) is 34.1 Å². The van der Waals surface area contributed by atoms with Gasteiger partial charge in [-0.1, -0.05) is 0 Å². The molecule has 316 valence electrons. The third kappa shape index (κ3) is 20.2. The molecule has 0 saturated carbocycles. The summed E-state index contributed by atoms with van der Waals surface area (Å²) in [6, 6.07) is 3.88. The van der Waals surface area contributed by atoms with Gasteiger partial charge >= 0.3 is 148 Å². The minimum absolute atomic E-state index is 0. The van der Waals surface area contributed by atoms with E-state index >= 15 is 0 Å². The van der Waals surface area contributed by atoms with Gasteiger partial charge in [0.2, 0.25) is 10.4 Å². The van der Waals surface area contributed by atoms with Gasteiger partial charge in [-0.15, -0.1) is 24.8 Å². The molecular weight excluding hydrogens is 1040 g/mol. The van der Waals surface area contributed by atoms with Crippen molar-refractivity contribution in [3.05, 3.63) is 42.0 Å². The molecule has 0 amide bonds. The van der Waals surface area contributed by atoms with Gasteiger partial charge in [-0.3, -0.25) is 18.4 Å². The van der Waals surface area contributed by atoms with Gasteiger partial charge < -0.3 is 35.6 Å². The van der Waals surface area contributed by atoms with Crippen LogP contribution in [0.1, 0.15) is 5.56 Å². The van der Waals surface area contributed by atoms with Crippen LogP contribution >= 0.6 is 24.4 Å². The first-order valence-electron chi connectivity index (χ1n) is 14.0. The summed E-state index contributed by atoms with van der Waals surface area (Å²) >= 11 is 0.140. The van der Waals surface area contributed by atoms with Crippen molar-refractivity contribution in [3.8, 4) is 0 Å². The Labute approximate surface area is 472 Å². The Morgan fingerprint density at radius 3 is 1.47 bits per heavy atom. The number of nitrogens with two attached hydrogens (primary N) is 2. The normalized spacial score (nSPS) is 12.2. The van der Waals surface area contributed by atoms with Crippen molar-refractivity contribution in [1.29, 1.82) is 0 Å². The molecule has 0 unspecified atom stereocenters. The number of hydrogen-bond donors (Lipinski definition) is 2. The van der Waals surface area contributed by atoms with E-state index in [0.717, 1.165) is 18.2 Å². The third-order valence-electron chi connectivity index (χ3n) is 6.62. The van der Waals surface area contributed by atoms with Crippen LogP contribution in [-0.2, 0) is 77.4 Å². The van der Waals surface area contributed by atoms with E-state index in [0.29, 0.717) is 18.2 Å². The van der Waals surface area contributed by atoms with Crippen LogP contribution in [0.15, 0.2) is 81.3 Å². The molecule has 62 heavy (non-hydrogen) atoms. The molecule has 0 spiro atoms. The zero-order chi connectivity index (χ0) is 43.0. The Balaban J connectivity index is -0.00000696. The molecule has 0 fully saturated rings. The van der Waals surface area contributed by atoms with Gasteiger partial charge in [0.05, 0.1) is 72.6 Å². The van der Waals surface area contributed by atoms with E-state index in [-0.39, 0.29) is 188 Å². The topological polar surface area (TPSA) is 443 Å². The summed E-state index contributed by atoms with van der Waals surface area (Å²) in [7, 11) is -25.2. The molecule has 27 nitrogen and oxygen atoms in total. The molecule has 0 aromatic heterocycles. The minimum atomic E-state index is -5.54. The van der Waals surface area contributed by atoms with E-state index in [1.165, 1.54) is 6.92 Å². The largest absolute Gasteiger partial charge is 1.00 e. The van der Waals surface area contributed by atoms with Gasteiger partial charge in [-0.2, -0.15) is 4.33 Å². The summed E-state index contributed by atoms with van der Waals surface area (Å²) < 4.78 is 172. The van der Waals surface area contributed by atoms with Crippen molar-refractivity contribution >= 4 is 109 Å². The van der Waals surface area contributed by atoms with Gasteiger partial charge in [-0.05, 0) is 48.9 Å². The molecule has 0 saturated heterocycles. The fourth-order valence-corrected chi connectivity index (χ4v) is 8.97. The van der Waals surface area contributed by atoms with Crippen LogP contribution in [0.5, 0.6) is 0 Å². The number of azo groups is 2. The summed E-state index contributed by atoms with van der Waals surface area (Å²) in [6.07, 6.45) is 0. The van der Waals surface area contributed by atoms with Crippen LogP contribution in [-0.4, -0.2) is 80.5 Å². The van der Waals surface area contributed by atoms with Gasteiger partial charge in [0.15, 0.2) is 32.0 Å². The van der Waals surface area contributed by atoms with E-state index in [1.54, 1.807) is 0 Å². The van der Waals surface area contributed by atoms with Gasteiger partial charge in [-0.25, -0.2) is 42.1 Å². The van der Waals surface area contributed by atoms with E-state index < -0.39 is 123 Å². The number of nitrogen functional groups attached to an aromatic ring is 2. The van der Waals surface area contributed by atoms with Crippen LogP contribution in [0.3, 0.4) is 0 Å². The van der Waals surface area contributed by atoms with Gasteiger partial charge in [0.1, 0.15) is 43.0 Å². The van der Waals surface area contributed by atoms with Crippen molar-refractivity contribution in [2.75, 3.05) is 36.2 Å². The maximum atomic E-state index is 12.7. The molecule has 0 aliphatic heterocycles. The number of sulfone groups is 2. The molecule has 3 aromatic rings. The van der Waals surface area contributed by atoms with E-state index in [9.17, 15) is 66.3 Å². The van der Waals surface area contributed by atoms with E-state index in [1.807, 2.05) is 0 Å². The Morgan fingerprint density at radius 2 is 1.05 bits per heavy atom. The molecule has 3 aromatic carbocycles. The zero-order valence-electron chi connectivity index (χ0n) is 32.7. The fourth-order valence-electron chi connectivity index (χ4n) is 4.05. The Kier molecular flexibility index (Phi) is 32.2. The molecule has 4 N–H and O–H groups in total. The quantitative estimate of drug-likeness (QED) is 0.0115. The molecule has 3 rings (SSSR count). The second kappa shape index (κ2) is 29.5. The van der Waals surface area contributed by atoms with Crippen molar-refractivity contribution in [2.45, 2.75) is 31.4 Å². The zero-order valence-corrected chi connectivity index (χ0v) is 48.4. The SMILES string of the molecule is Cc1c(N)c(N=Nc2ccc(S(=O)(=O)CCOS(=O)(=O)[O-])cc2S(=O)(=O)[O-])c(N)c(N=Nc2ccc(S(=O)(=O)CCOSOO[O-])cc2S(=O)(=O)[O-])c1SOO[O-].[Na+].[Na+].[Na+].[Na+].[Na+]. The van der Waals surface area contributed by atoms with Crippen molar-refractivity contribution in [3.63, 3.8) is 0 Å². The number of benzene rings is 3. The first-order valence-corrected chi connectivity index (χ1v) is 22.9. The molecule has 0 atom stereocenters. The van der Waals surface area contributed by atoms with Crippen molar-refractivity contribution < 1.29 is 241 Å². The van der Waals surface area contributed by atoms with Crippen molar-refractivity contribution in [2.24, 2.45) is 20.5 Å². The van der Waals surface area contributed by atoms with E-state index in [2.05, 4.69) is 47.6 Å². The number of hydrogen-bond acceptors (Lipinski definition) is 29. The van der Waals surface area contributed by atoms with Gasteiger partial charge in [0.25, 0.3) is 0 Å². The Hall–Kier alpha value is 1.47. The summed E-state index contributed by atoms with van der Waals surface area (Å²) in [5.41, 5.74) is 8.59. The Morgan fingerprint density at radius 1 is 0.613 bits per heavy atom.